The molecule has 0 aromatic heterocycles. The van der Waals surface area contributed by atoms with Crippen molar-refractivity contribution in [3.63, 3.8) is 0 Å². The van der Waals surface area contributed by atoms with Crippen LogP contribution in [0.1, 0.15) is 36.0 Å². The molecule has 3 aromatic carbocycles. The molecule has 0 saturated heterocycles. The van der Waals surface area contributed by atoms with Gasteiger partial charge >= 0.3 is 0 Å². The number of unbranched alkanes of at least 4 members (excludes halogenated alkanes) is 2. The Balaban J connectivity index is 2.07. The molecule has 0 radical (unpaired) electrons. The van der Waals surface area contributed by atoms with Crippen LogP contribution in [0.25, 0.3) is 11.3 Å². The van der Waals surface area contributed by atoms with Crippen LogP contribution in [0.2, 0.25) is 0 Å². The number of hydrogen-bond donors (Lipinski definition) is 1. The molecule has 0 saturated carbocycles. The van der Waals surface area contributed by atoms with Gasteiger partial charge in [-0.1, -0.05) is 60.7 Å². The van der Waals surface area contributed by atoms with Crippen LogP contribution in [0.5, 0.6) is 5.75 Å². The predicted molar refractivity (Wildman–Crippen MR) is 119 cm³/mol. The van der Waals surface area contributed by atoms with E-state index in [1.807, 2.05) is 60.7 Å². The number of ether oxygens (including phenoxy) is 2. The van der Waals surface area contributed by atoms with Crippen LogP contribution < -0.4 is 4.74 Å². The minimum Gasteiger partial charge on any atom is -0.497 e. The van der Waals surface area contributed by atoms with E-state index in [-0.39, 0.29) is 6.61 Å². The van der Waals surface area contributed by atoms with E-state index in [9.17, 15) is 0 Å². The maximum absolute atomic E-state index is 9.03. The Morgan fingerprint density at radius 3 is 1.79 bits per heavy atom. The normalized spacial score (nSPS) is 10.4. The van der Waals surface area contributed by atoms with Crippen LogP contribution >= 0.6 is 0 Å². The number of methoxy groups -OCH3 is 1. The fourth-order valence-electron chi connectivity index (χ4n) is 3.25. The van der Waals surface area contributed by atoms with Gasteiger partial charge in [0.05, 0.1) is 13.7 Å². The monoisotopic (exact) mass is 388 g/mol. The minimum absolute atomic E-state index is 0.223. The van der Waals surface area contributed by atoms with Gasteiger partial charge in [0.25, 0.3) is 0 Å². The second kappa shape index (κ2) is 11.1. The Hall–Kier alpha value is -3.04. The summed E-state index contributed by atoms with van der Waals surface area (Å²) in [6, 6.07) is 28.7. The molecule has 0 aliphatic rings. The summed E-state index contributed by atoms with van der Waals surface area (Å²) in [5.41, 5.74) is 4.30. The van der Waals surface area contributed by atoms with Gasteiger partial charge in [-0.15, -0.1) is 0 Å². The van der Waals surface area contributed by atoms with Crippen molar-refractivity contribution in [1.82, 2.24) is 0 Å². The number of hydrogen-bond acceptors (Lipinski definition) is 3. The van der Waals surface area contributed by atoms with Gasteiger partial charge in [-0.05, 0) is 54.7 Å². The lowest BCUT2D eigenvalue weighted by molar-refractivity contribution is 0.249. The van der Waals surface area contributed by atoms with Crippen molar-refractivity contribution < 1.29 is 14.6 Å². The molecule has 3 nitrogen and oxygen atoms in total. The van der Waals surface area contributed by atoms with E-state index in [4.69, 9.17) is 14.6 Å². The third kappa shape index (κ3) is 5.72. The standard InChI is InChI=1S/C26H28O3/c1-28-24-17-15-23(16-18-24)26(29-20-10-4-9-19-27)25(21-11-5-2-6-12-21)22-13-7-3-8-14-22/h2-3,5-8,11-18,27H,4,9-10,19-20H2,1H3. The van der Waals surface area contributed by atoms with Crippen molar-refractivity contribution in [3.05, 3.63) is 102 Å². The highest BCUT2D eigenvalue weighted by Crippen LogP contribution is 2.34. The predicted octanol–water partition coefficient (Wildman–Crippen LogP) is 5.79. The fourth-order valence-corrected chi connectivity index (χ4v) is 3.25. The van der Waals surface area contributed by atoms with Gasteiger partial charge in [-0.25, -0.2) is 0 Å². The molecule has 3 heteroatoms. The lowest BCUT2D eigenvalue weighted by Gasteiger charge is -2.18. The molecule has 0 aliphatic heterocycles. The molecule has 3 aromatic rings. The molecule has 0 spiro atoms. The van der Waals surface area contributed by atoms with Gasteiger partial charge < -0.3 is 14.6 Å². The molecule has 1 N–H and O–H groups in total. The number of aliphatic hydroxyl groups is 1. The molecule has 3 rings (SSSR count). The molecule has 150 valence electrons. The molecule has 0 fully saturated rings. The molecular formula is C26H28O3. The molecule has 0 unspecified atom stereocenters. The van der Waals surface area contributed by atoms with E-state index >= 15 is 0 Å². The zero-order valence-electron chi connectivity index (χ0n) is 16.9. The molecule has 0 atom stereocenters. The summed E-state index contributed by atoms with van der Waals surface area (Å²) in [7, 11) is 1.67. The van der Waals surface area contributed by atoms with E-state index in [0.717, 1.165) is 53.0 Å². The SMILES string of the molecule is COc1ccc(C(OCCCCCO)=C(c2ccccc2)c2ccccc2)cc1. The zero-order chi connectivity index (χ0) is 20.3. The zero-order valence-corrected chi connectivity index (χ0v) is 16.9. The second-order valence-electron chi connectivity index (χ2n) is 6.80. The Morgan fingerprint density at radius 1 is 0.690 bits per heavy atom. The van der Waals surface area contributed by atoms with Crippen LogP contribution in [-0.4, -0.2) is 25.4 Å². The first-order chi connectivity index (χ1) is 14.3. The summed E-state index contributed by atoms with van der Waals surface area (Å²) in [5.74, 6) is 1.67. The third-order valence-corrected chi connectivity index (χ3v) is 4.75. The third-order valence-electron chi connectivity index (χ3n) is 4.75. The van der Waals surface area contributed by atoms with Crippen LogP contribution in [-0.2, 0) is 4.74 Å². The summed E-state index contributed by atoms with van der Waals surface area (Å²) >= 11 is 0. The maximum Gasteiger partial charge on any atom is 0.134 e. The highest BCUT2D eigenvalue weighted by molar-refractivity contribution is 5.96. The maximum atomic E-state index is 9.03. The second-order valence-corrected chi connectivity index (χ2v) is 6.80. The Kier molecular flexibility index (Phi) is 7.90. The smallest absolute Gasteiger partial charge is 0.134 e. The number of benzene rings is 3. The first-order valence-electron chi connectivity index (χ1n) is 10.1. The van der Waals surface area contributed by atoms with Gasteiger partial charge in [-0.2, -0.15) is 0 Å². The number of rotatable bonds is 10. The van der Waals surface area contributed by atoms with Crippen molar-refractivity contribution in [2.45, 2.75) is 19.3 Å². The van der Waals surface area contributed by atoms with Crippen molar-refractivity contribution in [2.24, 2.45) is 0 Å². The van der Waals surface area contributed by atoms with Crippen LogP contribution in [0.15, 0.2) is 84.9 Å². The average Bonchev–Trinajstić information content (AvgIpc) is 2.79. The van der Waals surface area contributed by atoms with E-state index in [0.29, 0.717) is 6.61 Å². The summed E-state index contributed by atoms with van der Waals surface area (Å²) in [5, 5.41) is 9.03. The average molecular weight is 389 g/mol. The van der Waals surface area contributed by atoms with Crippen LogP contribution in [0.4, 0.5) is 0 Å². The van der Waals surface area contributed by atoms with Gasteiger partial charge in [0.15, 0.2) is 0 Å². The molecule has 0 amide bonds. The summed E-state index contributed by atoms with van der Waals surface area (Å²) in [4.78, 5) is 0. The lowest BCUT2D eigenvalue weighted by atomic mass is 9.94. The van der Waals surface area contributed by atoms with Crippen molar-refractivity contribution in [2.75, 3.05) is 20.3 Å². The summed E-state index contributed by atoms with van der Waals surface area (Å²) in [6.45, 7) is 0.824. The van der Waals surface area contributed by atoms with Crippen LogP contribution in [0.3, 0.4) is 0 Å². The van der Waals surface area contributed by atoms with E-state index in [1.165, 1.54) is 0 Å². The van der Waals surface area contributed by atoms with Crippen molar-refractivity contribution >= 4 is 11.3 Å². The Labute approximate surface area is 173 Å². The molecule has 29 heavy (non-hydrogen) atoms. The molecular weight excluding hydrogens is 360 g/mol. The molecule has 0 heterocycles. The first-order valence-corrected chi connectivity index (χ1v) is 10.1. The quantitative estimate of drug-likeness (QED) is 0.271. The lowest BCUT2D eigenvalue weighted by Crippen LogP contribution is -2.01. The van der Waals surface area contributed by atoms with E-state index < -0.39 is 0 Å². The van der Waals surface area contributed by atoms with Gasteiger partial charge in [-0.3, -0.25) is 0 Å². The Morgan fingerprint density at radius 2 is 1.28 bits per heavy atom. The highest BCUT2D eigenvalue weighted by atomic mass is 16.5. The van der Waals surface area contributed by atoms with Gasteiger partial charge in [0.2, 0.25) is 0 Å². The highest BCUT2D eigenvalue weighted by Gasteiger charge is 2.15. The largest absolute Gasteiger partial charge is 0.497 e. The van der Waals surface area contributed by atoms with E-state index in [2.05, 4.69) is 24.3 Å². The summed E-state index contributed by atoms with van der Waals surface area (Å²) in [6.07, 6.45) is 2.64. The molecule has 0 aliphatic carbocycles. The van der Waals surface area contributed by atoms with Crippen molar-refractivity contribution in [3.8, 4) is 5.75 Å². The Bertz CT molecular complexity index is 843. The van der Waals surface area contributed by atoms with Gasteiger partial charge in [0.1, 0.15) is 11.5 Å². The van der Waals surface area contributed by atoms with Crippen molar-refractivity contribution in [1.29, 1.82) is 0 Å². The topological polar surface area (TPSA) is 38.7 Å². The van der Waals surface area contributed by atoms with E-state index in [1.54, 1.807) is 7.11 Å². The molecule has 0 bridgehead atoms. The first kappa shape index (κ1) is 20.7. The fraction of sp³-hybridized carbons (Fsp3) is 0.231. The number of aliphatic hydroxyl groups excluding tert-OH is 1. The summed E-state index contributed by atoms with van der Waals surface area (Å²) < 4.78 is 11.7. The van der Waals surface area contributed by atoms with Crippen LogP contribution in [0, 0.1) is 0 Å². The van der Waals surface area contributed by atoms with Gasteiger partial charge in [0, 0.05) is 17.7 Å². The minimum atomic E-state index is 0.223.